The van der Waals surface area contributed by atoms with Gasteiger partial charge in [-0.15, -0.1) is 0 Å². The van der Waals surface area contributed by atoms with E-state index in [4.69, 9.17) is 0 Å². The molecule has 0 spiro atoms. The monoisotopic (exact) mass is 530 g/mol. The zero-order chi connectivity index (χ0) is 20.0. The van der Waals surface area contributed by atoms with E-state index in [9.17, 15) is 35.1 Å². The minimum Gasteiger partial charge on any atom is -0.228 e. The molecular weight excluding hydrogens is 526 g/mol. The first-order valence-corrected chi connectivity index (χ1v) is 8.87. The third-order valence-electron chi connectivity index (χ3n) is 3.12. The number of rotatable bonds is 4. The van der Waals surface area contributed by atoms with E-state index in [1.165, 1.54) is 18.6 Å². The Balaban J connectivity index is 2.43. The highest BCUT2D eigenvalue weighted by Gasteiger charge is 2.73. The predicted octanol–water partition coefficient (Wildman–Crippen LogP) is 6.72. The van der Waals surface area contributed by atoms with E-state index >= 15 is 0 Å². The molecule has 0 aliphatic heterocycles. The van der Waals surface area contributed by atoms with Crippen molar-refractivity contribution >= 4 is 43.6 Å². The number of aromatic nitrogens is 1. The van der Waals surface area contributed by atoms with Gasteiger partial charge in [0.15, 0.2) is 0 Å². The first-order valence-electron chi connectivity index (χ1n) is 6.47. The van der Waals surface area contributed by atoms with Crippen LogP contribution in [0.2, 0.25) is 0 Å². The lowest BCUT2D eigenvalue weighted by molar-refractivity contribution is -0.330. The van der Waals surface area contributed by atoms with Crippen molar-refractivity contribution in [3.63, 3.8) is 0 Å². The largest absolute Gasteiger partial charge is 0.460 e. The molecule has 2 rings (SSSR count). The van der Waals surface area contributed by atoms with Crippen molar-refractivity contribution in [3.05, 3.63) is 57.8 Å². The first-order chi connectivity index (χ1) is 11.7. The summed E-state index contributed by atoms with van der Waals surface area (Å²) in [6, 6.07) is 2.59. The maximum atomic E-state index is 13.9. The van der Waals surface area contributed by atoms with E-state index in [0.29, 0.717) is 0 Å². The summed E-state index contributed by atoms with van der Waals surface area (Å²) >= 11 is 5.05. The molecule has 12 heteroatoms. The van der Waals surface area contributed by atoms with Crippen LogP contribution in [-0.2, 0) is 4.32 Å². The molecule has 1 aromatic heterocycles. The Bertz CT molecular complexity index is 762. The van der Waals surface area contributed by atoms with E-state index in [0.717, 1.165) is 18.3 Å². The van der Waals surface area contributed by atoms with Gasteiger partial charge in [0.2, 0.25) is 5.95 Å². The summed E-state index contributed by atoms with van der Waals surface area (Å²) in [5.74, 6) is -7.24. The molecule has 1 atom stereocenters. The third kappa shape index (κ3) is 4.11. The summed E-state index contributed by atoms with van der Waals surface area (Å²) in [5, 5.41) is -5.49. The van der Waals surface area contributed by atoms with Crippen molar-refractivity contribution in [2.75, 3.05) is 0 Å². The SMILES string of the molecule is Fc1ncccc1C1(Br)[CH]C(Br)=CC(SC(F)(F)C(F)(F)C(F)(F)F)=C1. The second kappa shape index (κ2) is 7.08. The molecule has 1 unspecified atom stereocenters. The number of allylic oxidation sites excluding steroid dienone is 3. The lowest BCUT2D eigenvalue weighted by atomic mass is 9.93. The van der Waals surface area contributed by atoms with Gasteiger partial charge in [0, 0.05) is 27.6 Å². The Morgan fingerprint density at radius 1 is 1.08 bits per heavy atom. The maximum absolute atomic E-state index is 13.9. The standard InChI is InChI=1S/C14H6Br2F8NS/c15-7-4-8(26-14(23,24)12(18,19)13(20,21)22)6-11(16,5-7)9-2-1-3-25-10(9)17/h1-6H. The van der Waals surface area contributed by atoms with Crippen molar-refractivity contribution in [1.82, 2.24) is 4.98 Å². The van der Waals surface area contributed by atoms with Crippen LogP contribution in [0.15, 0.2) is 39.9 Å². The summed E-state index contributed by atoms with van der Waals surface area (Å²) in [4.78, 5) is 2.76. The molecule has 1 aromatic rings. The van der Waals surface area contributed by atoms with Gasteiger partial charge >= 0.3 is 17.4 Å². The Kier molecular flexibility index (Phi) is 5.90. The van der Waals surface area contributed by atoms with Gasteiger partial charge in [-0.1, -0.05) is 37.9 Å². The topological polar surface area (TPSA) is 12.9 Å². The zero-order valence-corrected chi connectivity index (χ0v) is 16.1. The molecular formula is C14H6Br2F8NS. The van der Waals surface area contributed by atoms with Gasteiger partial charge in [0.05, 0.1) is 4.32 Å². The van der Waals surface area contributed by atoms with Gasteiger partial charge in [-0.05, 0) is 30.0 Å². The van der Waals surface area contributed by atoms with Crippen molar-refractivity contribution in [2.45, 2.75) is 21.7 Å². The number of alkyl halides is 8. The molecule has 0 saturated heterocycles. The fourth-order valence-corrected chi connectivity index (χ4v) is 4.91. The number of pyridine rings is 1. The summed E-state index contributed by atoms with van der Waals surface area (Å²) in [6.45, 7) is 0. The Morgan fingerprint density at radius 3 is 2.23 bits per heavy atom. The molecule has 1 aliphatic rings. The van der Waals surface area contributed by atoms with Gasteiger partial charge in [-0.3, -0.25) is 0 Å². The van der Waals surface area contributed by atoms with Crippen LogP contribution < -0.4 is 0 Å². The van der Waals surface area contributed by atoms with Gasteiger partial charge in [0.25, 0.3) is 0 Å². The Labute approximate surface area is 163 Å². The quantitative estimate of drug-likeness (QED) is 0.243. The highest BCUT2D eigenvalue weighted by molar-refractivity contribution is 9.12. The van der Waals surface area contributed by atoms with Crippen LogP contribution in [0.5, 0.6) is 0 Å². The molecule has 0 aromatic carbocycles. The fourth-order valence-electron chi connectivity index (χ4n) is 1.93. The van der Waals surface area contributed by atoms with E-state index < -0.39 is 44.3 Å². The molecule has 0 N–H and O–H groups in total. The summed E-state index contributed by atoms with van der Waals surface area (Å²) < 4.78 is 103. The highest BCUT2D eigenvalue weighted by Crippen LogP contribution is 2.56. The predicted molar refractivity (Wildman–Crippen MR) is 87.7 cm³/mol. The Morgan fingerprint density at radius 2 is 1.69 bits per heavy atom. The lowest BCUT2D eigenvalue weighted by Gasteiger charge is -2.31. The van der Waals surface area contributed by atoms with Gasteiger partial charge < -0.3 is 0 Å². The normalized spacial score (nSPS) is 22.1. The van der Waals surface area contributed by atoms with Crippen molar-refractivity contribution in [3.8, 4) is 0 Å². The Hall–Kier alpha value is -0.620. The van der Waals surface area contributed by atoms with E-state index in [-0.39, 0.29) is 10.0 Å². The molecule has 26 heavy (non-hydrogen) atoms. The van der Waals surface area contributed by atoms with E-state index in [1.807, 2.05) is 0 Å². The first kappa shape index (κ1) is 21.7. The highest BCUT2D eigenvalue weighted by atomic mass is 79.9. The van der Waals surface area contributed by atoms with Crippen LogP contribution in [-0.4, -0.2) is 22.3 Å². The zero-order valence-electron chi connectivity index (χ0n) is 12.1. The number of hydrogen-bond donors (Lipinski definition) is 0. The minimum atomic E-state index is -6.44. The average Bonchev–Trinajstić information content (AvgIpc) is 2.44. The van der Waals surface area contributed by atoms with Crippen LogP contribution in [0.25, 0.3) is 0 Å². The molecule has 1 radical (unpaired) electrons. The van der Waals surface area contributed by atoms with Crippen LogP contribution in [0.3, 0.4) is 0 Å². The molecule has 1 nitrogen and oxygen atoms in total. The van der Waals surface area contributed by atoms with Gasteiger partial charge in [-0.25, -0.2) is 4.98 Å². The third-order valence-corrected chi connectivity index (χ3v) is 5.45. The molecule has 0 fully saturated rings. The molecule has 1 heterocycles. The molecule has 143 valence electrons. The van der Waals surface area contributed by atoms with Crippen molar-refractivity contribution in [2.24, 2.45) is 0 Å². The second-order valence-electron chi connectivity index (χ2n) is 5.02. The van der Waals surface area contributed by atoms with Crippen LogP contribution >= 0.6 is 43.6 Å². The van der Waals surface area contributed by atoms with Gasteiger partial charge in [0.1, 0.15) is 0 Å². The van der Waals surface area contributed by atoms with E-state index in [2.05, 4.69) is 36.8 Å². The maximum Gasteiger partial charge on any atom is 0.460 e. The number of thioether (sulfide) groups is 1. The van der Waals surface area contributed by atoms with Crippen LogP contribution in [0.4, 0.5) is 35.1 Å². The smallest absolute Gasteiger partial charge is 0.228 e. The fraction of sp³-hybridized carbons (Fsp3) is 0.286. The average molecular weight is 532 g/mol. The molecule has 1 aliphatic carbocycles. The molecule has 0 bridgehead atoms. The lowest BCUT2D eigenvalue weighted by Crippen LogP contribution is -2.50. The van der Waals surface area contributed by atoms with Gasteiger partial charge in [-0.2, -0.15) is 35.1 Å². The number of hydrogen-bond acceptors (Lipinski definition) is 2. The van der Waals surface area contributed by atoms with Crippen LogP contribution in [0, 0.1) is 12.4 Å². The van der Waals surface area contributed by atoms with Crippen molar-refractivity contribution in [1.29, 1.82) is 0 Å². The summed E-state index contributed by atoms with van der Waals surface area (Å²) in [7, 11) is 0. The van der Waals surface area contributed by atoms with E-state index in [1.54, 1.807) is 0 Å². The van der Waals surface area contributed by atoms with Crippen molar-refractivity contribution < 1.29 is 35.1 Å². The summed E-state index contributed by atoms with van der Waals surface area (Å²) in [6.07, 6.45) is -2.20. The summed E-state index contributed by atoms with van der Waals surface area (Å²) in [5.41, 5.74) is -0.144. The minimum absolute atomic E-state index is 0.0637. The molecule has 0 amide bonds. The second-order valence-corrected chi connectivity index (χ2v) is 8.44. The number of halogens is 10. The number of nitrogens with zero attached hydrogens (tertiary/aromatic N) is 1. The van der Waals surface area contributed by atoms with Crippen LogP contribution in [0.1, 0.15) is 5.56 Å². The molecule has 0 saturated carbocycles.